The largest absolute Gasteiger partial charge is 0.256 e. The van der Waals surface area contributed by atoms with Crippen LogP contribution in [0.25, 0.3) is 43.5 Å². The Hall–Kier alpha value is -3.07. The molecule has 0 bridgehead atoms. The van der Waals surface area contributed by atoms with Crippen molar-refractivity contribution < 1.29 is 0 Å². The first kappa shape index (κ1) is 11.6. The molecule has 2 aromatic heterocycles. The van der Waals surface area contributed by atoms with Crippen LogP contribution >= 0.6 is 0 Å². The number of nitrogens with zero attached hydrogens (tertiary/aromatic N) is 3. The SMILES string of the molecule is c1ccc2c(c1)ccc1c3ncccc3c3nccnc3c21. The number of pyridine rings is 1. The lowest BCUT2D eigenvalue weighted by atomic mass is 9.97. The lowest BCUT2D eigenvalue weighted by Gasteiger charge is -2.10. The van der Waals surface area contributed by atoms with Crippen molar-refractivity contribution in [2.75, 3.05) is 0 Å². The van der Waals surface area contributed by atoms with Gasteiger partial charge in [0.2, 0.25) is 0 Å². The van der Waals surface area contributed by atoms with Gasteiger partial charge in [0, 0.05) is 34.7 Å². The van der Waals surface area contributed by atoms with Crippen molar-refractivity contribution in [3.8, 4) is 0 Å². The van der Waals surface area contributed by atoms with Crippen LogP contribution in [0.5, 0.6) is 0 Å². The van der Waals surface area contributed by atoms with Gasteiger partial charge >= 0.3 is 0 Å². The second kappa shape index (κ2) is 4.21. The third-order valence-electron chi connectivity index (χ3n) is 4.18. The molecule has 0 unspecified atom stereocenters. The fraction of sp³-hybridized carbons (Fsp3) is 0. The zero-order chi connectivity index (χ0) is 14.5. The van der Waals surface area contributed by atoms with E-state index in [0.29, 0.717) is 0 Å². The molecule has 0 saturated heterocycles. The minimum Gasteiger partial charge on any atom is -0.256 e. The first-order valence-corrected chi connectivity index (χ1v) is 7.22. The molecule has 0 spiro atoms. The van der Waals surface area contributed by atoms with Crippen LogP contribution in [0, 0.1) is 0 Å². The lowest BCUT2D eigenvalue weighted by Crippen LogP contribution is -1.90. The van der Waals surface area contributed by atoms with Gasteiger partial charge in [-0.2, -0.15) is 0 Å². The van der Waals surface area contributed by atoms with Gasteiger partial charge in [-0.3, -0.25) is 15.0 Å². The molecule has 0 amide bonds. The number of fused-ring (bicyclic) bond motifs is 8. The lowest BCUT2D eigenvalue weighted by molar-refractivity contribution is 1.31. The molecule has 5 aromatic rings. The highest BCUT2D eigenvalue weighted by Crippen LogP contribution is 2.35. The highest BCUT2D eigenvalue weighted by molar-refractivity contribution is 6.28. The molecule has 3 aromatic carbocycles. The standard InChI is InChI=1S/C19H11N3/c1-2-5-13-12(4-1)7-8-14-16(13)19-18(21-10-11-22-19)15-6-3-9-20-17(14)15/h1-11H. The maximum atomic E-state index is 4.62. The van der Waals surface area contributed by atoms with E-state index in [1.165, 1.54) is 10.8 Å². The van der Waals surface area contributed by atoms with Crippen molar-refractivity contribution in [2.24, 2.45) is 0 Å². The van der Waals surface area contributed by atoms with Crippen LogP contribution in [0.1, 0.15) is 0 Å². The Morgan fingerprint density at radius 2 is 1.27 bits per heavy atom. The predicted molar refractivity (Wildman–Crippen MR) is 89.9 cm³/mol. The third kappa shape index (κ3) is 1.42. The number of benzene rings is 3. The van der Waals surface area contributed by atoms with E-state index in [0.717, 1.165) is 32.7 Å². The van der Waals surface area contributed by atoms with E-state index >= 15 is 0 Å². The maximum absolute atomic E-state index is 4.62. The first-order chi connectivity index (χ1) is 10.9. The van der Waals surface area contributed by atoms with E-state index in [1.807, 2.05) is 12.3 Å². The smallest absolute Gasteiger partial charge is 0.0987 e. The van der Waals surface area contributed by atoms with E-state index in [4.69, 9.17) is 0 Å². The van der Waals surface area contributed by atoms with Crippen LogP contribution in [0.2, 0.25) is 0 Å². The van der Waals surface area contributed by atoms with Gasteiger partial charge < -0.3 is 0 Å². The monoisotopic (exact) mass is 281 g/mol. The third-order valence-corrected chi connectivity index (χ3v) is 4.18. The molecule has 0 radical (unpaired) electrons. The Morgan fingerprint density at radius 3 is 2.23 bits per heavy atom. The van der Waals surface area contributed by atoms with Crippen LogP contribution in [-0.4, -0.2) is 15.0 Å². The van der Waals surface area contributed by atoms with Crippen molar-refractivity contribution in [1.29, 1.82) is 0 Å². The summed E-state index contributed by atoms with van der Waals surface area (Å²) in [6.45, 7) is 0. The highest BCUT2D eigenvalue weighted by atomic mass is 14.8. The molecular weight excluding hydrogens is 270 g/mol. The molecule has 3 heteroatoms. The average molecular weight is 281 g/mol. The van der Waals surface area contributed by atoms with E-state index in [2.05, 4.69) is 57.4 Å². The van der Waals surface area contributed by atoms with Gasteiger partial charge in [0.15, 0.2) is 0 Å². The Morgan fingerprint density at radius 1 is 0.500 bits per heavy atom. The second-order valence-corrected chi connectivity index (χ2v) is 5.36. The molecular formula is C19H11N3. The zero-order valence-electron chi connectivity index (χ0n) is 11.7. The van der Waals surface area contributed by atoms with E-state index in [-0.39, 0.29) is 0 Å². The van der Waals surface area contributed by atoms with Crippen molar-refractivity contribution in [3.05, 3.63) is 67.1 Å². The Bertz CT molecular complexity index is 1140. The average Bonchev–Trinajstić information content (AvgIpc) is 2.61. The van der Waals surface area contributed by atoms with Gasteiger partial charge in [-0.1, -0.05) is 36.4 Å². The first-order valence-electron chi connectivity index (χ1n) is 7.22. The molecule has 0 aliphatic rings. The fourth-order valence-corrected chi connectivity index (χ4v) is 3.25. The van der Waals surface area contributed by atoms with Crippen LogP contribution in [0.4, 0.5) is 0 Å². The summed E-state index contributed by atoms with van der Waals surface area (Å²) < 4.78 is 0. The van der Waals surface area contributed by atoms with Gasteiger partial charge in [-0.15, -0.1) is 0 Å². The van der Waals surface area contributed by atoms with Crippen LogP contribution in [-0.2, 0) is 0 Å². The Kier molecular flexibility index (Phi) is 2.22. The molecule has 0 saturated carbocycles. The highest BCUT2D eigenvalue weighted by Gasteiger charge is 2.12. The molecule has 0 fully saturated rings. The number of hydrogen-bond donors (Lipinski definition) is 0. The van der Waals surface area contributed by atoms with Crippen molar-refractivity contribution >= 4 is 43.5 Å². The Balaban J connectivity index is 2.24. The Labute approximate surface area is 126 Å². The molecule has 0 aliphatic carbocycles. The molecule has 0 atom stereocenters. The molecule has 22 heavy (non-hydrogen) atoms. The number of rotatable bonds is 0. The minimum atomic E-state index is 0.912. The molecule has 5 rings (SSSR count). The summed E-state index contributed by atoms with van der Waals surface area (Å²) in [4.78, 5) is 13.8. The van der Waals surface area contributed by atoms with Gasteiger partial charge in [0.25, 0.3) is 0 Å². The van der Waals surface area contributed by atoms with E-state index in [1.54, 1.807) is 12.4 Å². The van der Waals surface area contributed by atoms with Crippen LogP contribution < -0.4 is 0 Å². The predicted octanol–water partition coefficient (Wildman–Crippen LogP) is 4.48. The molecule has 0 N–H and O–H groups in total. The summed E-state index contributed by atoms with van der Waals surface area (Å²) in [7, 11) is 0. The van der Waals surface area contributed by atoms with Gasteiger partial charge in [0.1, 0.15) is 0 Å². The molecule has 0 aliphatic heterocycles. The molecule has 3 nitrogen and oxygen atoms in total. The summed E-state index contributed by atoms with van der Waals surface area (Å²) in [5, 5.41) is 5.71. The van der Waals surface area contributed by atoms with Crippen molar-refractivity contribution in [2.45, 2.75) is 0 Å². The summed E-state index contributed by atoms with van der Waals surface area (Å²) in [5.74, 6) is 0. The van der Waals surface area contributed by atoms with Crippen LogP contribution in [0.15, 0.2) is 67.1 Å². The minimum absolute atomic E-state index is 0.912. The quantitative estimate of drug-likeness (QED) is 0.393. The second-order valence-electron chi connectivity index (χ2n) is 5.36. The van der Waals surface area contributed by atoms with Crippen molar-refractivity contribution in [3.63, 3.8) is 0 Å². The van der Waals surface area contributed by atoms with Gasteiger partial charge in [-0.25, -0.2) is 0 Å². The van der Waals surface area contributed by atoms with E-state index in [9.17, 15) is 0 Å². The molecule has 2 heterocycles. The van der Waals surface area contributed by atoms with E-state index < -0.39 is 0 Å². The van der Waals surface area contributed by atoms with Crippen molar-refractivity contribution in [1.82, 2.24) is 15.0 Å². The number of aromatic nitrogens is 3. The summed E-state index contributed by atoms with van der Waals surface area (Å²) in [6.07, 6.45) is 5.33. The van der Waals surface area contributed by atoms with Gasteiger partial charge in [0.05, 0.1) is 16.6 Å². The topological polar surface area (TPSA) is 38.7 Å². The number of hydrogen-bond acceptors (Lipinski definition) is 3. The summed E-state index contributed by atoms with van der Waals surface area (Å²) in [6, 6.07) is 16.7. The summed E-state index contributed by atoms with van der Waals surface area (Å²) >= 11 is 0. The maximum Gasteiger partial charge on any atom is 0.0987 e. The molecule has 102 valence electrons. The fourth-order valence-electron chi connectivity index (χ4n) is 3.25. The van der Waals surface area contributed by atoms with Crippen LogP contribution in [0.3, 0.4) is 0 Å². The summed E-state index contributed by atoms with van der Waals surface area (Å²) in [5.41, 5.74) is 2.83. The zero-order valence-corrected chi connectivity index (χ0v) is 11.7. The van der Waals surface area contributed by atoms with Gasteiger partial charge in [-0.05, 0) is 22.9 Å². The normalized spacial score (nSPS) is 11.6.